The molecule has 8 heteroatoms. The third-order valence-electron chi connectivity index (χ3n) is 2.97. The number of anilines is 2. The topological polar surface area (TPSA) is 99.2 Å². The van der Waals surface area contributed by atoms with Crippen LogP contribution in [0, 0.1) is 6.92 Å². The fourth-order valence-corrected chi connectivity index (χ4v) is 2.67. The zero-order valence-electron chi connectivity index (χ0n) is 12.0. The zero-order chi connectivity index (χ0) is 15.6. The number of carbonyl (C=O) groups excluding carboxylic acids is 2. The number of hydrogen-bond acceptors (Lipinski definition) is 6. The van der Waals surface area contributed by atoms with Crippen molar-refractivity contribution in [3.05, 3.63) is 27.7 Å². The van der Waals surface area contributed by atoms with Crippen molar-refractivity contribution < 1.29 is 14.3 Å². The summed E-state index contributed by atoms with van der Waals surface area (Å²) in [5.74, 6) is -0.896. The molecule has 7 nitrogen and oxygen atoms in total. The molecule has 0 aliphatic carbocycles. The smallest absolute Gasteiger partial charge is 0.350 e. The SMILES string of the molecule is CCn1nc(C)c(N)c1C(=O)Nc1ccsc1C(=O)OC. The lowest BCUT2D eigenvalue weighted by molar-refractivity contribution is 0.0607. The van der Waals surface area contributed by atoms with Gasteiger partial charge in [0, 0.05) is 6.54 Å². The molecule has 0 radical (unpaired) electrons. The van der Waals surface area contributed by atoms with Crippen molar-refractivity contribution in [1.82, 2.24) is 9.78 Å². The van der Waals surface area contributed by atoms with Crippen LogP contribution in [-0.4, -0.2) is 28.8 Å². The molecule has 0 saturated heterocycles. The Bertz CT molecular complexity index is 690. The van der Waals surface area contributed by atoms with Crippen molar-refractivity contribution in [3.8, 4) is 0 Å². The number of methoxy groups -OCH3 is 1. The second-order valence-electron chi connectivity index (χ2n) is 4.27. The number of thiophene rings is 1. The molecule has 2 aromatic heterocycles. The summed E-state index contributed by atoms with van der Waals surface area (Å²) in [7, 11) is 1.29. The third kappa shape index (κ3) is 2.75. The molecule has 2 heterocycles. The van der Waals surface area contributed by atoms with Crippen LogP contribution in [0.2, 0.25) is 0 Å². The molecule has 0 atom stereocenters. The molecule has 1 amide bonds. The molecule has 0 aliphatic rings. The van der Waals surface area contributed by atoms with Gasteiger partial charge in [0.2, 0.25) is 0 Å². The molecule has 112 valence electrons. The maximum Gasteiger partial charge on any atom is 0.350 e. The van der Waals surface area contributed by atoms with E-state index in [1.807, 2.05) is 6.92 Å². The number of ether oxygens (including phenoxy) is 1. The van der Waals surface area contributed by atoms with Gasteiger partial charge >= 0.3 is 5.97 Å². The number of rotatable bonds is 4. The second kappa shape index (κ2) is 5.96. The molecule has 0 aromatic carbocycles. The highest BCUT2D eigenvalue weighted by Crippen LogP contribution is 2.25. The summed E-state index contributed by atoms with van der Waals surface area (Å²) in [5, 5.41) is 8.58. The molecule has 0 unspecified atom stereocenters. The van der Waals surface area contributed by atoms with Crippen molar-refractivity contribution >= 4 is 34.6 Å². The minimum absolute atomic E-state index is 0.289. The van der Waals surface area contributed by atoms with Crippen LogP contribution in [-0.2, 0) is 11.3 Å². The van der Waals surface area contributed by atoms with Gasteiger partial charge in [0.05, 0.1) is 24.2 Å². The summed E-state index contributed by atoms with van der Waals surface area (Å²) >= 11 is 1.20. The van der Waals surface area contributed by atoms with Gasteiger partial charge in [-0.05, 0) is 25.3 Å². The van der Waals surface area contributed by atoms with E-state index in [-0.39, 0.29) is 5.69 Å². The molecular weight excluding hydrogens is 292 g/mol. The van der Waals surface area contributed by atoms with Gasteiger partial charge in [-0.3, -0.25) is 9.48 Å². The monoisotopic (exact) mass is 308 g/mol. The van der Waals surface area contributed by atoms with E-state index in [0.29, 0.717) is 28.5 Å². The number of nitrogen functional groups attached to an aromatic ring is 1. The van der Waals surface area contributed by atoms with E-state index in [4.69, 9.17) is 5.73 Å². The fourth-order valence-electron chi connectivity index (χ4n) is 1.90. The highest BCUT2D eigenvalue weighted by molar-refractivity contribution is 7.12. The van der Waals surface area contributed by atoms with Crippen molar-refractivity contribution in [3.63, 3.8) is 0 Å². The normalized spacial score (nSPS) is 10.4. The number of esters is 1. The Labute approximate surface area is 125 Å². The highest BCUT2D eigenvalue weighted by atomic mass is 32.1. The third-order valence-corrected chi connectivity index (χ3v) is 3.87. The Morgan fingerprint density at radius 1 is 1.52 bits per heavy atom. The van der Waals surface area contributed by atoms with Gasteiger partial charge in [0.15, 0.2) is 0 Å². The molecule has 0 spiro atoms. The van der Waals surface area contributed by atoms with Gasteiger partial charge in [-0.2, -0.15) is 5.10 Å². The second-order valence-corrected chi connectivity index (χ2v) is 5.19. The van der Waals surface area contributed by atoms with Crippen LogP contribution >= 0.6 is 11.3 Å². The number of aromatic nitrogens is 2. The maximum atomic E-state index is 12.4. The Hall–Kier alpha value is -2.35. The highest BCUT2D eigenvalue weighted by Gasteiger charge is 2.22. The minimum atomic E-state index is -0.492. The number of hydrogen-bond donors (Lipinski definition) is 2. The molecule has 2 aromatic rings. The lowest BCUT2D eigenvalue weighted by Gasteiger charge is -2.07. The lowest BCUT2D eigenvalue weighted by atomic mass is 10.2. The Kier molecular flexibility index (Phi) is 4.27. The molecule has 0 saturated carbocycles. The Morgan fingerprint density at radius 2 is 2.24 bits per heavy atom. The first-order chi connectivity index (χ1) is 9.99. The summed E-state index contributed by atoms with van der Waals surface area (Å²) in [6.45, 7) is 4.13. The summed E-state index contributed by atoms with van der Waals surface area (Å²) in [6, 6.07) is 1.64. The van der Waals surface area contributed by atoms with Crippen molar-refractivity contribution in [2.24, 2.45) is 0 Å². The van der Waals surface area contributed by atoms with Gasteiger partial charge in [-0.25, -0.2) is 4.79 Å². The van der Waals surface area contributed by atoms with Crippen LogP contribution in [0.3, 0.4) is 0 Å². The van der Waals surface area contributed by atoms with Crippen molar-refractivity contribution in [2.45, 2.75) is 20.4 Å². The molecular formula is C13H16N4O3S. The van der Waals surface area contributed by atoms with E-state index in [9.17, 15) is 9.59 Å². The van der Waals surface area contributed by atoms with E-state index in [1.165, 1.54) is 23.1 Å². The number of nitrogens with one attached hydrogen (secondary N) is 1. The largest absolute Gasteiger partial charge is 0.465 e. The quantitative estimate of drug-likeness (QED) is 0.840. The number of aryl methyl sites for hydroxylation is 2. The molecule has 21 heavy (non-hydrogen) atoms. The lowest BCUT2D eigenvalue weighted by Crippen LogP contribution is -2.19. The molecule has 2 rings (SSSR count). The first-order valence-corrected chi connectivity index (χ1v) is 7.17. The zero-order valence-corrected chi connectivity index (χ0v) is 12.8. The van der Waals surface area contributed by atoms with Gasteiger partial charge < -0.3 is 15.8 Å². The summed E-state index contributed by atoms with van der Waals surface area (Å²) in [6.07, 6.45) is 0. The first-order valence-electron chi connectivity index (χ1n) is 6.29. The minimum Gasteiger partial charge on any atom is -0.465 e. The summed E-state index contributed by atoms with van der Waals surface area (Å²) in [4.78, 5) is 24.3. The Morgan fingerprint density at radius 3 is 2.86 bits per heavy atom. The van der Waals surface area contributed by atoms with Gasteiger partial charge in [-0.1, -0.05) is 0 Å². The molecule has 0 fully saturated rings. The fraction of sp³-hybridized carbons (Fsp3) is 0.308. The van der Waals surface area contributed by atoms with E-state index in [1.54, 1.807) is 18.4 Å². The maximum absolute atomic E-state index is 12.4. The standard InChI is InChI=1S/C13H16N4O3S/c1-4-17-10(9(14)7(2)16-17)12(18)15-8-5-6-21-11(8)13(19)20-3/h5-6H,4,14H2,1-3H3,(H,15,18). The van der Waals surface area contributed by atoms with Crippen LogP contribution in [0.15, 0.2) is 11.4 Å². The molecule has 3 N–H and O–H groups in total. The van der Waals surface area contributed by atoms with Crippen LogP contribution in [0.25, 0.3) is 0 Å². The van der Waals surface area contributed by atoms with Crippen LogP contribution in [0.5, 0.6) is 0 Å². The van der Waals surface area contributed by atoms with E-state index < -0.39 is 11.9 Å². The van der Waals surface area contributed by atoms with Crippen LogP contribution < -0.4 is 11.1 Å². The predicted molar refractivity (Wildman–Crippen MR) is 80.7 cm³/mol. The first kappa shape index (κ1) is 15.0. The van der Waals surface area contributed by atoms with Crippen molar-refractivity contribution in [2.75, 3.05) is 18.2 Å². The van der Waals surface area contributed by atoms with Gasteiger partial charge in [0.25, 0.3) is 5.91 Å². The number of amides is 1. The molecule has 0 bridgehead atoms. The number of carbonyl (C=O) groups is 2. The number of nitrogens with zero attached hydrogens (tertiary/aromatic N) is 2. The average molecular weight is 308 g/mol. The van der Waals surface area contributed by atoms with Crippen LogP contribution in [0.1, 0.15) is 32.8 Å². The summed E-state index contributed by atoms with van der Waals surface area (Å²) < 4.78 is 6.21. The van der Waals surface area contributed by atoms with Crippen molar-refractivity contribution in [1.29, 1.82) is 0 Å². The van der Waals surface area contributed by atoms with Gasteiger partial charge in [0.1, 0.15) is 10.6 Å². The molecule has 0 aliphatic heterocycles. The Balaban J connectivity index is 2.31. The predicted octanol–water partition coefficient (Wildman–Crippen LogP) is 1.89. The average Bonchev–Trinajstić information content (AvgIpc) is 3.03. The number of nitrogens with two attached hydrogens (primary N) is 1. The summed E-state index contributed by atoms with van der Waals surface area (Å²) in [5.41, 5.74) is 7.52. The van der Waals surface area contributed by atoms with E-state index in [2.05, 4.69) is 15.2 Å². The van der Waals surface area contributed by atoms with E-state index in [0.717, 1.165) is 0 Å². The van der Waals surface area contributed by atoms with Crippen LogP contribution in [0.4, 0.5) is 11.4 Å². The van der Waals surface area contributed by atoms with E-state index >= 15 is 0 Å². The van der Waals surface area contributed by atoms with Gasteiger partial charge in [-0.15, -0.1) is 11.3 Å².